The molecule has 2 nitrogen and oxygen atoms in total. The summed E-state index contributed by atoms with van der Waals surface area (Å²) < 4.78 is 1.07. The molecule has 0 saturated carbocycles. The minimum Gasteiger partial charge on any atom is -0.349 e. The first-order chi connectivity index (χ1) is 7.20. The maximum absolute atomic E-state index is 11.3. The van der Waals surface area contributed by atoms with Gasteiger partial charge in [0, 0.05) is 10.9 Å². The Hall–Kier alpha value is -0.830. The molecular formula is C12H14BrNO. The van der Waals surface area contributed by atoms with Crippen molar-refractivity contribution in [1.82, 2.24) is 5.32 Å². The van der Waals surface area contributed by atoms with Crippen molar-refractivity contribution in [2.45, 2.75) is 25.8 Å². The first kappa shape index (κ1) is 10.7. The predicted molar refractivity (Wildman–Crippen MR) is 63.4 cm³/mol. The van der Waals surface area contributed by atoms with Crippen molar-refractivity contribution >= 4 is 21.8 Å². The molecule has 0 radical (unpaired) electrons. The van der Waals surface area contributed by atoms with Gasteiger partial charge in [-0.15, -0.1) is 0 Å². The maximum Gasteiger partial charge on any atom is 0.220 e. The fraction of sp³-hybridized carbons (Fsp3) is 0.417. The van der Waals surface area contributed by atoms with Gasteiger partial charge in [0.25, 0.3) is 0 Å². The quantitative estimate of drug-likeness (QED) is 0.877. The summed E-state index contributed by atoms with van der Waals surface area (Å²) in [5, 5.41) is 3.04. The minimum absolute atomic E-state index is 0.176. The number of amides is 1. The fourth-order valence-corrected chi connectivity index (χ4v) is 2.38. The summed E-state index contributed by atoms with van der Waals surface area (Å²) in [5.74, 6) is 0.619. The zero-order valence-electron chi connectivity index (χ0n) is 8.66. The monoisotopic (exact) mass is 267 g/mol. The largest absolute Gasteiger partial charge is 0.349 e. The van der Waals surface area contributed by atoms with Crippen LogP contribution in [-0.4, -0.2) is 5.91 Å². The lowest BCUT2D eigenvalue weighted by Crippen LogP contribution is -2.20. The molecule has 2 unspecified atom stereocenters. The molecule has 2 rings (SSSR count). The van der Waals surface area contributed by atoms with Gasteiger partial charge in [0.05, 0.1) is 6.04 Å². The van der Waals surface area contributed by atoms with Gasteiger partial charge in [-0.05, 0) is 23.6 Å². The summed E-state index contributed by atoms with van der Waals surface area (Å²) in [6.07, 6.45) is 1.71. The molecule has 1 fully saturated rings. The van der Waals surface area contributed by atoms with Crippen molar-refractivity contribution in [3.8, 4) is 0 Å². The van der Waals surface area contributed by atoms with Crippen molar-refractivity contribution in [3.63, 3.8) is 0 Å². The fourth-order valence-electron chi connectivity index (χ4n) is 2.11. The second-order valence-corrected chi connectivity index (χ2v) is 4.88. The molecule has 1 aromatic rings. The molecule has 1 aromatic carbocycles. The lowest BCUT2D eigenvalue weighted by Gasteiger charge is -2.17. The second kappa shape index (κ2) is 4.35. The molecular weight excluding hydrogens is 254 g/mol. The first-order valence-electron chi connectivity index (χ1n) is 5.25. The maximum atomic E-state index is 11.3. The topological polar surface area (TPSA) is 29.1 Å². The third-order valence-electron chi connectivity index (χ3n) is 2.99. The van der Waals surface area contributed by atoms with Crippen LogP contribution in [0.5, 0.6) is 0 Å². The zero-order chi connectivity index (χ0) is 10.8. The lowest BCUT2D eigenvalue weighted by atomic mass is 9.92. The zero-order valence-corrected chi connectivity index (χ0v) is 10.3. The van der Waals surface area contributed by atoms with E-state index < -0.39 is 0 Å². The molecule has 15 heavy (non-hydrogen) atoms. The van der Waals surface area contributed by atoms with Crippen molar-refractivity contribution in [2.24, 2.45) is 5.92 Å². The Bertz CT molecular complexity index is 360. The molecule has 1 N–H and O–H groups in total. The summed E-state index contributed by atoms with van der Waals surface area (Å²) in [4.78, 5) is 11.3. The number of halogens is 1. The summed E-state index contributed by atoms with van der Waals surface area (Å²) >= 11 is 3.41. The summed E-state index contributed by atoms with van der Waals surface area (Å²) in [7, 11) is 0. The third-order valence-corrected chi connectivity index (χ3v) is 3.52. The second-order valence-electron chi connectivity index (χ2n) is 3.97. The molecule has 0 aliphatic carbocycles. The number of hydrogen-bond acceptors (Lipinski definition) is 1. The minimum atomic E-state index is 0.176. The Morgan fingerprint density at radius 3 is 2.67 bits per heavy atom. The molecule has 80 valence electrons. The molecule has 3 heteroatoms. The van der Waals surface area contributed by atoms with E-state index in [0.717, 1.165) is 10.9 Å². The normalized spacial score (nSPS) is 25.3. The highest BCUT2D eigenvalue weighted by Crippen LogP contribution is 2.32. The van der Waals surface area contributed by atoms with Crippen LogP contribution in [0.3, 0.4) is 0 Å². The molecule has 1 amide bonds. The Morgan fingerprint density at radius 1 is 1.40 bits per heavy atom. The average molecular weight is 268 g/mol. The smallest absolute Gasteiger partial charge is 0.220 e. The number of benzene rings is 1. The van der Waals surface area contributed by atoms with Crippen LogP contribution in [0.25, 0.3) is 0 Å². The van der Waals surface area contributed by atoms with Crippen molar-refractivity contribution in [3.05, 3.63) is 34.3 Å². The highest BCUT2D eigenvalue weighted by atomic mass is 79.9. The van der Waals surface area contributed by atoms with E-state index in [1.807, 2.05) is 12.1 Å². The molecule has 1 aliphatic heterocycles. The van der Waals surface area contributed by atoms with Gasteiger partial charge in [-0.2, -0.15) is 0 Å². The number of carbonyl (C=O) groups is 1. The van der Waals surface area contributed by atoms with E-state index in [-0.39, 0.29) is 11.9 Å². The number of nitrogens with one attached hydrogen (secondary N) is 1. The SMILES string of the molecule is CCC1CC(=O)NC1c1ccc(Br)cc1. The van der Waals surface area contributed by atoms with Crippen LogP contribution in [0.15, 0.2) is 28.7 Å². The average Bonchev–Trinajstić information content (AvgIpc) is 2.61. The highest BCUT2D eigenvalue weighted by molar-refractivity contribution is 9.10. The van der Waals surface area contributed by atoms with Crippen molar-refractivity contribution in [1.29, 1.82) is 0 Å². The summed E-state index contributed by atoms with van der Waals surface area (Å²) in [6.45, 7) is 2.14. The molecule has 0 spiro atoms. The van der Waals surface area contributed by atoms with Crippen LogP contribution in [0, 0.1) is 5.92 Å². The van der Waals surface area contributed by atoms with Gasteiger partial charge < -0.3 is 5.32 Å². The summed E-state index contributed by atoms with van der Waals surface area (Å²) in [6, 6.07) is 8.39. The van der Waals surface area contributed by atoms with Crippen molar-refractivity contribution < 1.29 is 4.79 Å². The van der Waals surface area contributed by atoms with Crippen LogP contribution in [-0.2, 0) is 4.79 Å². The van der Waals surface area contributed by atoms with Gasteiger partial charge in [0.2, 0.25) is 5.91 Å². The van der Waals surface area contributed by atoms with Crippen LogP contribution < -0.4 is 5.32 Å². The van der Waals surface area contributed by atoms with Gasteiger partial charge >= 0.3 is 0 Å². The van der Waals surface area contributed by atoms with Gasteiger partial charge in [-0.1, -0.05) is 41.4 Å². The van der Waals surface area contributed by atoms with Crippen molar-refractivity contribution in [2.75, 3.05) is 0 Å². The highest BCUT2D eigenvalue weighted by Gasteiger charge is 2.31. The molecule has 1 heterocycles. The van der Waals surface area contributed by atoms with Gasteiger partial charge in [0.1, 0.15) is 0 Å². The summed E-state index contributed by atoms with van der Waals surface area (Å²) in [5.41, 5.74) is 1.20. The molecule has 2 atom stereocenters. The van der Waals surface area contributed by atoms with Gasteiger partial charge in [-0.3, -0.25) is 4.79 Å². The number of rotatable bonds is 2. The van der Waals surface area contributed by atoms with E-state index in [0.29, 0.717) is 12.3 Å². The van der Waals surface area contributed by atoms with E-state index in [4.69, 9.17) is 0 Å². The van der Waals surface area contributed by atoms with Crippen LogP contribution >= 0.6 is 15.9 Å². The van der Waals surface area contributed by atoms with Crippen LogP contribution in [0.2, 0.25) is 0 Å². The lowest BCUT2D eigenvalue weighted by molar-refractivity contribution is -0.119. The third kappa shape index (κ3) is 2.23. The van der Waals surface area contributed by atoms with E-state index in [9.17, 15) is 4.79 Å². The Kier molecular flexibility index (Phi) is 3.10. The van der Waals surface area contributed by atoms with E-state index >= 15 is 0 Å². The molecule has 1 saturated heterocycles. The Labute approximate surface area is 98.2 Å². The standard InChI is InChI=1S/C12H14BrNO/c1-2-8-7-11(15)14-12(8)9-3-5-10(13)6-4-9/h3-6,8,12H,2,7H2,1H3,(H,14,15). The Morgan fingerprint density at radius 2 is 2.07 bits per heavy atom. The molecule has 1 aliphatic rings. The van der Waals surface area contributed by atoms with E-state index in [1.165, 1.54) is 5.56 Å². The number of hydrogen-bond donors (Lipinski definition) is 1. The van der Waals surface area contributed by atoms with E-state index in [2.05, 4.69) is 40.3 Å². The predicted octanol–water partition coefficient (Wildman–Crippen LogP) is 3.04. The van der Waals surface area contributed by atoms with E-state index in [1.54, 1.807) is 0 Å². The number of carbonyl (C=O) groups excluding carboxylic acids is 1. The first-order valence-corrected chi connectivity index (χ1v) is 6.05. The molecule has 0 aromatic heterocycles. The van der Waals surface area contributed by atoms with Gasteiger partial charge in [0.15, 0.2) is 0 Å². The van der Waals surface area contributed by atoms with Crippen LogP contribution in [0.4, 0.5) is 0 Å². The Balaban J connectivity index is 2.22. The van der Waals surface area contributed by atoms with Gasteiger partial charge in [-0.25, -0.2) is 0 Å². The molecule has 0 bridgehead atoms. The van der Waals surface area contributed by atoms with Crippen LogP contribution in [0.1, 0.15) is 31.4 Å².